The van der Waals surface area contributed by atoms with E-state index in [1.54, 1.807) is 0 Å². The van der Waals surface area contributed by atoms with Gasteiger partial charge in [0.15, 0.2) is 0 Å². The highest BCUT2D eigenvalue weighted by Gasteiger charge is 2.29. The Morgan fingerprint density at radius 2 is 2.31 bits per heavy atom. The van der Waals surface area contributed by atoms with Gasteiger partial charge in [-0.05, 0) is 6.92 Å². The van der Waals surface area contributed by atoms with Crippen molar-refractivity contribution in [1.82, 2.24) is 10.2 Å². The summed E-state index contributed by atoms with van der Waals surface area (Å²) < 4.78 is 5.00. The smallest absolute Gasteiger partial charge is 0.347 e. The van der Waals surface area contributed by atoms with Crippen LogP contribution in [0.15, 0.2) is 12.3 Å². The summed E-state index contributed by atoms with van der Waals surface area (Å²) in [6, 6.07) is 1.44. The van der Waals surface area contributed by atoms with Crippen molar-refractivity contribution < 1.29 is 24.9 Å². The summed E-state index contributed by atoms with van der Waals surface area (Å²) >= 11 is 0. The average Bonchev–Trinajstić information content (AvgIpc) is 2.64. The summed E-state index contributed by atoms with van der Waals surface area (Å²) in [7, 11) is 0. The lowest BCUT2D eigenvalue weighted by Crippen LogP contribution is -2.40. The van der Waals surface area contributed by atoms with E-state index in [-0.39, 0.29) is 12.3 Å². The fourth-order valence-electron chi connectivity index (χ4n) is 1.21. The highest BCUT2D eigenvalue weighted by molar-refractivity contribution is 5.73. The maximum atomic E-state index is 10.8. The zero-order valence-electron chi connectivity index (χ0n) is 8.70. The maximum Gasteiger partial charge on any atom is 0.347 e. The third kappa shape index (κ3) is 3.52. The predicted octanol–water partition coefficient (Wildman–Crippen LogP) is -0.627. The van der Waals surface area contributed by atoms with Crippen molar-refractivity contribution >= 4 is 5.97 Å². The molecule has 3 unspecified atom stereocenters. The summed E-state index contributed by atoms with van der Waals surface area (Å²) in [6.07, 6.45) is -2.21. The first-order valence-corrected chi connectivity index (χ1v) is 4.75. The van der Waals surface area contributed by atoms with E-state index in [4.69, 9.17) is 14.9 Å². The van der Waals surface area contributed by atoms with Crippen LogP contribution < -0.4 is 4.74 Å². The monoisotopic (exact) mass is 230 g/mol. The number of rotatable bonds is 6. The van der Waals surface area contributed by atoms with Crippen LogP contribution in [0, 0.1) is 0 Å². The number of aromatic nitrogens is 2. The normalized spacial score (nSPS) is 16.4. The molecule has 1 heterocycles. The number of nitrogens with one attached hydrogen (secondary N) is 1. The molecule has 0 spiro atoms. The zero-order chi connectivity index (χ0) is 12.1. The fourth-order valence-corrected chi connectivity index (χ4v) is 1.21. The molecule has 1 aromatic heterocycles. The highest BCUT2D eigenvalue weighted by atomic mass is 16.5. The molecule has 0 saturated carbocycles. The Morgan fingerprint density at radius 3 is 2.75 bits per heavy atom. The Labute approximate surface area is 91.7 Å². The van der Waals surface area contributed by atoms with Crippen molar-refractivity contribution in [2.75, 3.05) is 0 Å². The molecule has 0 saturated heterocycles. The molecule has 1 rings (SSSR count). The molecule has 0 fully saturated rings. The van der Waals surface area contributed by atoms with Crippen molar-refractivity contribution in [1.29, 1.82) is 0 Å². The Kier molecular flexibility index (Phi) is 4.27. The van der Waals surface area contributed by atoms with Gasteiger partial charge < -0.3 is 20.1 Å². The van der Waals surface area contributed by atoms with Crippen LogP contribution in [-0.2, 0) is 4.79 Å². The minimum atomic E-state index is -1.44. The number of H-pyrrole nitrogens is 1. The van der Waals surface area contributed by atoms with E-state index in [0.717, 1.165) is 0 Å². The Balaban J connectivity index is 2.64. The minimum Gasteiger partial charge on any atom is -0.478 e. The second-order valence-corrected chi connectivity index (χ2v) is 3.45. The first kappa shape index (κ1) is 12.5. The van der Waals surface area contributed by atoms with Crippen LogP contribution in [0.5, 0.6) is 5.88 Å². The predicted molar refractivity (Wildman–Crippen MR) is 52.9 cm³/mol. The molecule has 0 aliphatic carbocycles. The highest BCUT2D eigenvalue weighted by Crippen LogP contribution is 2.12. The second-order valence-electron chi connectivity index (χ2n) is 3.45. The van der Waals surface area contributed by atoms with Crippen LogP contribution in [0.1, 0.15) is 13.3 Å². The summed E-state index contributed by atoms with van der Waals surface area (Å²) in [6.45, 7) is 1.46. The SMILES string of the molecule is CC(O)CC(O)C(Oc1ccn[nH]1)C(=O)O. The Bertz CT molecular complexity index is 325. The summed E-state index contributed by atoms with van der Waals surface area (Å²) in [5.74, 6) is -1.15. The molecule has 3 atom stereocenters. The maximum absolute atomic E-state index is 10.8. The summed E-state index contributed by atoms with van der Waals surface area (Å²) in [4.78, 5) is 10.8. The third-order valence-electron chi connectivity index (χ3n) is 1.90. The first-order valence-electron chi connectivity index (χ1n) is 4.75. The van der Waals surface area contributed by atoms with E-state index in [9.17, 15) is 9.90 Å². The number of hydrogen-bond donors (Lipinski definition) is 4. The molecule has 7 heteroatoms. The van der Waals surface area contributed by atoms with Crippen molar-refractivity contribution in [3.63, 3.8) is 0 Å². The van der Waals surface area contributed by atoms with Crippen LogP contribution in [0.25, 0.3) is 0 Å². The van der Waals surface area contributed by atoms with Crippen LogP contribution in [0.4, 0.5) is 0 Å². The average molecular weight is 230 g/mol. The van der Waals surface area contributed by atoms with Gasteiger partial charge in [-0.2, -0.15) is 5.10 Å². The van der Waals surface area contributed by atoms with Gasteiger partial charge in [0.1, 0.15) is 6.10 Å². The molecule has 16 heavy (non-hydrogen) atoms. The number of aliphatic carboxylic acids is 1. The summed E-state index contributed by atoms with van der Waals surface area (Å²) in [5.41, 5.74) is 0. The molecule has 0 amide bonds. The number of carboxylic acid groups (broad SMARTS) is 1. The van der Waals surface area contributed by atoms with E-state index >= 15 is 0 Å². The van der Waals surface area contributed by atoms with E-state index in [1.807, 2.05) is 0 Å². The van der Waals surface area contributed by atoms with E-state index < -0.39 is 24.3 Å². The lowest BCUT2D eigenvalue weighted by atomic mass is 10.1. The van der Waals surface area contributed by atoms with Gasteiger partial charge in [0, 0.05) is 12.5 Å². The number of carboxylic acids is 1. The molecule has 0 aliphatic heterocycles. The van der Waals surface area contributed by atoms with Crippen LogP contribution >= 0.6 is 0 Å². The molecular formula is C9H14N2O5. The topological polar surface area (TPSA) is 116 Å². The number of ether oxygens (including phenoxy) is 1. The third-order valence-corrected chi connectivity index (χ3v) is 1.90. The Morgan fingerprint density at radius 1 is 1.62 bits per heavy atom. The van der Waals surface area contributed by atoms with Crippen molar-refractivity contribution in [3.05, 3.63) is 12.3 Å². The van der Waals surface area contributed by atoms with Gasteiger partial charge in [0.25, 0.3) is 0 Å². The largest absolute Gasteiger partial charge is 0.478 e. The van der Waals surface area contributed by atoms with Crippen molar-refractivity contribution in [2.24, 2.45) is 0 Å². The van der Waals surface area contributed by atoms with Gasteiger partial charge >= 0.3 is 5.97 Å². The number of nitrogens with zero attached hydrogens (tertiary/aromatic N) is 1. The quantitative estimate of drug-likeness (QED) is 0.517. The molecule has 0 aliphatic rings. The molecular weight excluding hydrogens is 216 g/mol. The Hall–Kier alpha value is -1.60. The van der Waals surface area contributed by atoms with Crippen molar-refractivity contribution in [2.45, 2.75) is 31.7 Å². The molecule has 7 nitrogen and oxygen atoms in total. The molecule has 4 N–H and O–H groups in total. The second kappa shape index (κ2) is 5.47. The van der Waals surface area contributed by atoms with Gasteiger partial charge in [-0.15, -0.1) is 0 Å². The fraction of sp³-hybridized carbons (Fsp3) is 0.556. The molecule has 0 aromatic carbocycles. The van der Waals surface area contributed by atoms with Crippen LogP contribution in [-0.4, -0.2) is 49.8 Å². The van der Waals surface area contributed by atoms with Crippen molar-refractivity contribution in [3.8, 4) is 5.88 Å². The lowest BCUT2D eigenvalue weighted by Gasteiger charge is -2.20. The standard InChI is InChI=1S/C9H14N2O5/c1-5(12)4-6(13)8(9(14)15)16-7-2-3-10-11-7/h2-3,5-6,8,12-13H,4H2,1H3,(H,10,11)(H,14,15). The number of hydrogen-bond acceptors (Lipinski definition) is 5. The van der Waals surface area contributed by atoms with E-state index in [0.29, 0.717) is 0 Å². The number of aliphatic hydroxyl groups excluding tert-OH is 2. The van der Waals surface area contributed by atoms with Gasteiger partial charge in [0.2, 0.25) is 12.0 Å². The van der Waals surface area contributed by atoms with E-state index in [1.165, 1.54) is 19.2 Å². The lowest BCUT2D eigenvalue weighted by molar-refractivity contribution is -0.151. The van der Waals surface area contributed by atoms with E-state index in [2.05, 4.69) is 10.2 Å². The van der Waals surface area contributed by atoms with Crippen LogP contribution in [0.3, 0.4) is 0 Å². The van der Waals surface area contributed by atoms with Crippen LogP contribution in [0.2, 0.25) is 0 Å². The number of aliphatic hydroxyl groups is 2. The number of carbonyl (C=O) groups is 1. The van der Waals surface area contributed by atoms with Gasteiger partial charge in [-0.3, -0.25) is 0 Å². The zero-order valence-corrected chi connectivity index (χ0v) is 8.70. The minimum absolute atomic E-state index is 0.0783. The molecule has 0 radical (unpaired) electrons. The van der Waals surface area contributed by atoms with Gasteiger partial charge in [0.05, 0.1) is 12.3 Å². The van der Waals surface area contributed by atoms with Gasteiger partial charge in [-0.25, -0.2) is 9.89 Å². The summed E-state index contributed by atoms with van der Waals surface area (Å²) in [5, 5.41) is 33.5. The molecule has 1 aromatic rings. The molecule has 0 bridgehead atoms. The number of aromatic amines is 1. The first-order chi connectivity index (χ1) is 7.50. The molecule has 90 valence electrons. The van der Waals surface area contributed by atoms with Gasteiger partial charge in [-0.1, -0.05) is 0 Å².